The number of carbonyl (C=O) groups excluding carboxylic acids is 2. The van der Waals surface area contributed by atoms with Crippen molar-refractivity contribution >= 4 is 23.3 Å². The van der Waals surface area contributed by atoms with E-state index >= 15 is 0 Å². The molecule has 1 saturated heterocycles. The highest BCUT2D eigenvalue weighted by Crippen LogP contribution is 2.26. The summed E-state index contributed by atoms with van der Waals surface area (Å²) < 4.78 is 0. The fourth-order valence-corrected chi connectivity index (χ4v) is 2.45. The van der Waals surface area contributed by atoms with Gasteiger partial charge in [-0.3, -0.25) is 4.79 Å². The van der Waals surface area contributed by atoms with Gasteiger partial charge in [-0.05, 0) is 36.1 Å². The Morgan fingerprint density at radius 2 is 1.85 bits per heavy atom. The van der Waals surface area contributed by atoms with E-state index in [0.717, 1.165) is 6.42 Å². The first-order chi connectivity index (χ1) is 9.26. The van der Waals surface area contributed by atoms with E-state index in [0.29, 0.717) is 17.8 Å². The third-order valence-electron chi connectivity index (χ3n) is 3.21. The van der Waals surface area contributed by atoms with Crippen LogP contribution in [0.3, 0.4) is 0 Å². The molecule has 0 radical (unpaired) electrons. The van der Waals surface area contributed by atoms with E-state index in [9.17, 15) is 9.59 Å². The zero-order valence-corrected chi connectivity index (χ0v) is 12.1. The van der Waals surface area contributed by atoms with Crippen molar-refractivity contribution in [1.29, 1.82) is 0 Å². The van der Waals surface area contributed by atoms with E-state index in [1.807, 2.05) is 0 Å². The van der Waals surface area contributed by atoms with E-state index in [1.54, 1.807) is 24.3 Å². The Labute approximate surface area is 119 Å². The van der Waals surface area contributed by atoms with Crippen LogP contribution in [-0.2, 0) is 4.79 Å². The minimum Gasteiger partial charge on any atom is -0.399 e. The number of urea groups is 1. The highest BCUT2D eigenvalue weighted by Gasteiger charge is 2.34. The van der Waals surface area contributed by atoms with E-state index in [1.165, 1.54) is 4.90 Å². The van der Waals surface area contributed by atoms with Gasteiger partial charge < -0.3 is 11.1 Å². The van der Waals surface area contributed by atoms with Gasteiger partial charge in [0.25, 0.3) is 0 Å². The lowest BCUT2D eigenvalue weighted by molar-refractivity contribution is -0.119. The first-order valence-corrected chi connectivity index (χ1v) is 6.75. The summed E-state index contributed by atoms with van der Waals surface area (Å²) in [4.78, 5) is 25.5. The Morgan fingerprint density at radius 3 is 2.35 bits per heavy atom. The summed E-state index contributed by atoms with van der Waals surface area (Å²) in [5.41, 5.74) is 6.84. The van der Waals surface area contributed by atoms with Gasteiger partial charge >= 0.3 is 6.03 Å². The van der Waals surface area contributed by atoms with Crippen molar-refractivity contribution in [2.45, 2.75) is 39.7 Å². The SMILES string of the molecule is CC(C)(C)CC1CC(=O)N(c2ccc(N)cc2)C(=O)N1. The largest absolute Gasteiger partial charge is 0.399 e. The number of carbonyl (C=O) groups is 2. The average molecular weight is 275 g/mol. The van der Waals surface area contributed by atoms with Crippen molar-refractivity contribution in [3.8, 4) is 0 Å². The van der Waals surface area contributed by atoms with Crippen LogP contribution in [0.4, 0.5) is 16.2 Å². The molecule has 1 unspecified atom stereocenters. The summed E-state index contributed by atoms with van der Waals surface area (Å²) in [5.74, 6) is -0.173. The fourth-order valence-electron chi connectivity index (χ4n) is 2.45. The normalized spacial score (nSPS) is 19.9. The maximum Gasteiger partial charge on any atom is 0.328 e. The zero-order chi connectivity index (χ0) is 14.9. The fraction of sp³-hybridized carbons (Fsp3) is 0.467. The van der Waals surface area contributed by atoms with Crippen molar-refractivity contribution in [3.05, 3.63) is 24.3 Å². The van der Waals surface area contributed by atoms with Crippen LogP contribution < -0.4 is 16.0 Å². The molecule has 1 aromatic carbocycles. The Hall–Kier alpha value is -2.04. The second-order valence-corrected chi connectivity index (χ2v) is 6.44. The smallest absolute Gasteiger partial charge is 0.328 e. The van der Waals surface area contributed by atoms with Gasteiger partial charge in [0.05, 0.1) is 5.69 Å². The third-order valence-corrected chi connectivity index (χ3v) is 3.21. The van der Waals surface area contributed by atoms with Gasteiger partial charge in [-0.1, -0.05) is 20.8 Å². The topological polar surface area (TPSA) is 75.4 Å². The first kappa shape index (κ1) is 14.4. The maximum absolute atomic E-state index is 12.2. The number of imide groups is 1. The Balaban J connectivity index is 2.13. The van der Waals surface area contributed by atoms with Gasteiger partial charge in [-0.25, -0.2) is 9.69 Å². The predicted molar refractivity (Wildman–Crippen MR) is 79.3 cm³/mol. The molecule has 1 atom stereocenters. The highest BCUT2D eigenvalue weighted by molar-refractivity contribution is 6.16. The van der Waals surface area contributed by atoms with Crippen LogP contribution in [-0.4, -0.2) is 18.0 Å². The molecule has 0 bridgehead atoms. The van der Waals surface area contributed by atoms with Gasteiger partial charge in [0.15, 0.2) is 0 Å². The summed E-state index contributed by atoms with van der Waals surface area (Å²) in [7, 11) is 0. The monoisotopic (exact) mass is 275 g/mol. The molecule has 3 N–H and O–H groups in total. The first-order valence-electron chi connectivity index (χ1n) is 6.75. The molecule has 0 spiro atoms. The molecule has 1 fully saturated rings. The molecule has 5 nitrogen and oxygen atoms in total. The Kier molecular flexibility index (Phi) is 3.70. The summed E-state index contributed by atoms with van der Waals surface area (Å²) in [6.45, 7) is 6.28. The number of benzene rings is 1. The number of nitrogens with two attached hydrogens (primary N) is 1. The van der Waals surface area contributed by atoms with Crippen LogP contribution >= 0.6 is 0 Å². The molecule has 0 aliphatic carbocycles. The molecule has 2 rings (SSSR count). The molecule has 1 aliphatic heterocycles. The minimum absolute atomic E-state index is 0.0710. The highest BCUT2D eigenvalue weighted by atomic mass is 16.2. The second kappa shape index (κ2) is 5.15. The maximum atomic E-state index is 12.2. The van der Waals surface area contributed by atoms with Crippen molar-refractivity contribution < 1.29 is 9.59 Å². The molecule has 1 aliphatic rings. The summed E-state index contributed by atoms with van der Waals surface area (Å²) in [5, 5.41) is 2.90. The van der Waals surface area contributed by atoms with E-state index < -0.39 is 0 Å². The van der Waals surface area contributed by atoms with Crippen molar-refractivity contribution in [3.63, 3.8) is 0 Å². The summed E-state index contributed by atoms with van der Waals surface area (Å²) >= 11 is 0. The Morgan fingerprint density at radius 1 is 1.25 bits per heavy atom. The molecule has 108 valence electrons. The number of hydrogen-bond acceptors (Lipinski definition) is 3. The number of hydrogen-bond donors (Lipinski definition) is 2. The van der Waals surface area contributed by atoms with E-state index in [4.69, 9.17) is 5.73 Å². The van der Waals surface area contributed by atoms with Crippen LogP contribution in [0.15, 0.2) is 24.3 Å². The molecule has 1 aromatic rings. The average Bonchev–Trinajstić information content (AvgIpc) is 2.28. The van der Waals surface area contributed by atoms with Crippen LogP contribution in [0.1, 0.15) is 33.6 Å². The van der Waals surface area contributed by atoms with Crippen LogP contribution in [0.25, 0.3) is 0 Å². The quantitative estimate of drug-likeness (QED) is 0.814. The lowest BCUT2D eigenvalue weighted by Crippen LogP contribution is -2.55. The number of nitrogen functional groups attached to an aromatic ring is 1. The minimum atomic E-state index is -0.361. The van der Waals surface area contributed by atoms with E-state index in [2.05, 4.69) is 26.1 Å². The lowest BCUT2D eigenvalue weighted by atomic mass is 9.86. The number of nitrogens with one attached hydrogen (secondary N) is 1. The summed E-state index contributed by atoms with van der Waals surface area (Å²) in [6, 6.07) is 6.25. The van der Waals surface area contributed by atoms with Crippen LogP contribution in [0.2, 0.25) is 0 Å². The predicted octanol–water partition coefficient (Wildman–Crippen LogP) is 2.52. The van der Waals surface area contributed by atoms with Crippen LogP contribution in [0.5, 0.6) is 0 Å². The molecule has 0 saturated carbocycles. The molecule has 0 aromatic heterocycles. The van der Waals surface area contributed by atoms with Crippen molar-refractivity contribution in [2.24, 2.45) is 5.41 Å². The molecular weight excluding hydrogens is 254 g/mol. The zero-order valence-electron chi connectivity index (χ0n) is 12.1. The molecular formula is C15H21N3O2. The lowest BCUT2D eigenvalue weighted by Gasteiger charge is -2.34. The summed E-state index contributed by atoms with van der Waals surface area (Å²) in [6.07, 6.45) is 1.10. The number of amides is 3. The standard InChI is InChI=1S/C15H21N3O2/c1-15(2,3)9-11-8-13(19)18(14(20)17-11)12-6-4-10(16)5-7-12/h4-7,11H,8-9,16H2,1-3H3,(H,17,20). The van der Waals surface area contributed by atoms with Gasteiger partial charge in [-0.2, -0.15) is 0 Å². The second-order valence-electron chi connectivity index (χ2n) is 6.44. The number of rotatable bonds is 2. The third kappa shape index (κ3) is 3.29. The van der Waals surface area contributed by atoms with Gasteiger partial charge in [0.1, 0.15) is 0 Å². The molecule has 5 heteroatoms. The van der Waals surface area contributed by atoms with Gasteiger partial charge in [-0.15, -0.1) is 0 Å². The van der Waals surface area contributed by atoms with Crippen molar-refractivity contribution in [1.82, 2.24) is 5.32 Å². The van der Waals surface area contributed by atoms with Crippen molar-refractivity contribution in [2.75, 3.05) is 10.6 Å². The number of nitrogens with zero attached hydrogens (tertiary/aromatic N) is 1. The molecule has 1 heterocycles. The van der Waals surface area contributed by atoms with Gasteiger partial charge in [0, 0.05) is 18.2 Å². The van der Waals surface area contributed by atoms with Gasteiger partial charge in [0.2, 0.25) is 5.91 Å². The van der Waals surface area contributed by atoms with Crippen LogP contribution in [0, 0.1) is 5.41 Å². The molecule has 20 heavy (non-hydrogen) atoms. The molecule has 3 amide bonds. The van der Waals surface area contributed by atoms with E-state index in [-0.39, 0.29) is 23.4 Å². The Bertz CT molecular complexity index is 499. The number of anilines is 2.